The number of unbranched alkanes of at least 4 members (excludes halogenated alkanes) is 1. The third-order valence-electron chi connectivity index (χ3n) is 4.61. The number of carboxylic acid groups (broad SMARTS) is 1. The van der Waals surface area contributed by atoms with Gasteiger partial charge in [0, 0.05) is 42.1 Å². The number of aromatic nitrogens is 1. The molecule has 1 heterocycles. The number of aryl methyl sites for hydroxylation is 1. The van der Waals surface area contributed by atoms with Crippen LogP contribution in [0.25, 0.3) is 11.1 Å². The average molecular weight is 391 g/mol. The van der Waals surface area contributed by atoms with E-state index in [1.54, 1.807) is 12.3 Å². The SMILES string of the molecule is CCCC/C(NC(C)=O)=C(\Cc1ccc(-c2cccc(C)c2C#N)cn1)C(=O)O. The summed E-state index contributed by atoms with van der Waals surface area (Å²) in [6.45, 7) is 5.26. The van der Waals surface area contributed by atoms with Crippen LogP contribution < -0.4 is 5.32 Å². The van der Waals surface area contributed by atoms with Crippen LogP contribution in [0.3, 0.4) is 0 Å². The molecule has 0 aliphatic carbocycles. The van der Waals surface area contributed by atoms with Gasteiger partial charge in [-0.15, -0.1) is 0 Å². The Morgan fingerprint density at radius 1 is 1.24 bits per heavy atom. The Hall–Kier alpha value is -3.46. The van der Waals surface area contributed by atoms with Crippen LogP contribution in [-0.4, -0.2) is 22.0 Å². The zero-order valence-electron chi connectivity index (χ0n) is 17.0. The second kappa shape index (κ2) is 10.2. The molecule has 0 atom stereocenters. The second-order valence-electron chi connectivity index (χ2n) is 6.87. The number of carboxylic acids is 1. The Kier molecular flexibility index (Phi) is 7.67. The van der Waals surface area contributed by atoms with Crippen molar-refractivity contribution in [1.29, 1.82) is 5.26 Å². The van der Waals surface area contributed by atoms with E-state index >= 15 is 0 Å². The van der Waals surface area contributed by atoms with Crippen molar-refractivity contribution in [3.05, 3.63) is 64.6 Å². The number of nitrogens with zero attached hydrogens (tertiary/aromatic N) is 2. The van der Waals surface area contributed by atoms with Crippen molar-refractivity contribution >= 4 is 11.9 Å². The molecule has 29 heavy (non-hydrogen) atoms. The maximum Gasteiger partial charge on any atom is 0.333 e. The molecule has 1 amide bonds. The van der Waals surface area contributed by atoms with Gasteiger partial charge in [-0.3, -0.25) is 9.78 Å². The van der Waals surface area contributed by atoms with Crippen LogP contribution in [0.2, 0.25) is 0 Å². The van der Waals surface area contributed by atoms with Crippen molar-refractivity contribution in [1.82, 2.24) is 10.3 Å². The van der Waals surface area contributed by atoms with Crippen LogP contribution in [0.4, 0.5) is 0 Å². The summed E-state index contributed by atoms with van der Waals surface area (Å²) in [7, 11) is 0. The zero-order chi connectivity index (χ0) is 21.4. The van der Waals surface area contributed by atoms with Gasteiger partial charge < -0.3 is 10.4 Å². The molecule has 0 aliphatic rings. The average Bonchev–Trinajstić information content (AvgIpc) is 2.69. The molecule has 2 N–H and O–H groups in total. The first-order chi connectivity index (χ1) is 13.9. The molecule has 6 heteroatoms. The highest BCUT2D eigenvalue weighted by Gasteiger charge is 2.17. The molecule has 1 aromatic heterocycles. The fourth-order valence-electron chi connectivity index (χ4n) is 3.09. The van der Waals surface area contributed by atoms with Crippen LogP contribution in [-0.2, 0) is 16.0 Å². The van der Waals surface area contributed by atoms with Crippen LogP contribution in [0.15, 0.2) is 47.8 Å². The van der Waals surface area contributed by atoms with Crippen molar-refractivity contribution in [2.24, 2.45) is 0 Å². The number of rotatable bonds is 8. The molecule has 0 spiro atoms. The summed E-state index contributed by atoms with van der Waals surface area (Å²) >= 11 is 0. The number of hydrogen-bond acceptors (Lipinski definition) is 4. The molecule has 150 valence electrons. The molecule has 0 aliphatic heterocycles. The number of carbonyl (C=O) groups excluding carboxylic acids is 1. The van der Waals surface area contributed by atoms with Gasteiger partial charge in [0.1, 0.15) is 6.07 Å². The number of aliphatic carboxylic acids is 1. The van der Waals surface area contributed by atoms with Gasteiger partial charge in [-0.2, -0.15) is 5.26 Å². The molecule has 6 nitrogen and oxygen atoms in total. The normalized spacial score (nSPS) is 11.4. The van der Waals surface area contributed by atoms with Gasteiger partial charge in [-0.05, 0) is 31.4 Å². The largest absolute Gasteiger partial charge is 0.478 e. The smallest absolute Gasteiger partial charge is 0.333 e. The molecule has 2 aromatic rings. The van der Waals surface area contributed by atoms with Gasteiger partial charge in [0.05, 0.1) is 11.1 Å². The fourth-order valence-corrected chi connectivity index (χ4v) is 3.09. The predicted molar refractivity (Wildman–Crippen MR) is 111 cm³/mol. The Balaban J connectivity index is 2.36. The number of hydrogen-bond donors (Lipinski definition) is 2. The van der Waals surface area contributed by atoms with Gasteiger partial charge in [-0.1, -0.05) is 37.6 Å². The highest BCUT2D eigenvalue weighted by molar-refractivity contribution is 5.89. The first kappa shape index (κ1) is 21.8. The lowest BCUT2D eigenvalue weighted by Crippen LogP contribution is -2.24. The lowest BCUT2D eigenvalue weighted by molar-refractivity contribution is -0.132. The molecular weight excluding hydrogens is 366 g/mol. The predicted octanol–water partition coefficient (Wildman–Crippen LogP) is 4.14. The lowest BCUT2D eigenvalue weighted by Gasteiger charge is -2.13. The summed E-state index contributed by atoms with van der Waals surface area (Å²) in [4.78, 5) is 27.7. The number of allylic oxidation sites excluding steroid dienone is 1. The molecule has 1 aromatic carbocycles. The molecule has 0 radical (unpaired) electrons. The fraction of sp³-hybridized carbons (Fsp3) is 0.304. The number of amides is 1. The van der Waals surface area contributed by atoms with Crippen LogP contribution in [0, 0.1) is 18.3 Å². The maximum atomic E-state index is 11.8. The first-order valence-corrected chi connectivity index (χ1v) is 9.55. The third kappa shape index (κ3) is 5.76. The first-order valence-electron chi connectivity index (χ1n) is 9.55. The van der Waals surface area contributed by atoms with E-state index in [1.807, 2.05) is 38.1 Å². The van der Waals surface area contributed by atoms with E-state index in [-0.39, 0.29) is 17.9 Å². The van der Waals surface area contributed by atoms with Crippen LogP contribution >= 0.6 is 0 Å². The molecule has 0 saturated carbocycles. The topological polar surface area (TPSA) is 103 Å². The van der Waals surface area contributed by atoms with Gasteiger partial charge >= 0.3 is 5.97 Å². The minimum atomic E-state index is -1.07. The van der Waals surface area contributed by atoms with E-state index < -0.39 is 5.97 Å². The van der Waals surface area contributed by atoms with Crippen molar-refractivity contribution in [2.75, 3.05) is 0 Å². The molecule has 0 bridgehead atoms. The molecular formula is C23H25N3O3. The number of nitriles is 1. The van der Waals surface area contributed by atoms with E-state index in [0.29, 0.717) is 23.4 Å². The Labute approximate surface area is 170 Å². The molecule has 0 fully saturated rings. The van der Waals surface area contributed by atoms with Crippen molar-refractivity contribution in [2.45, 2.75) is 46.5 Å². The van der Waals surface area contributed by atoms with Crippen molar-refractivity contribution in [3.8, 4) is 17.2 Å². The highest BCUT2D eigenvalue weighted by atomic mass is 16.4. The second-order valence-corrected chi connectivity index (χ2v) is 6.87. The van der Waals surface area contributed by atoms with Gasteiger partial charge in [0.15, 0.2) is 0 Å². The van der Waals surface area contributed by atoms with E-state index in [9.17, 15) is 20.0 Å². The summed E-state index contributed by atoms with van der Waals surface area (Å²) in [5.41, 5.74) is 4.23. The van der Waals surface area contributed by atoms with Gasteiger partial charge in [-0.25, -0.2) is 4.79 Å². The summed E-state index contributed by atoms with van der Waals surface area (Å²) < 4.78 is 0. The van der Waals surface area contributed by atoms with Crippen LogP contribution in [0.5, 0.6) is 0 Å². The number of carbonyl (C=O) groups is 2. The maximum absolute atomic E-state index is 11.8. The van der Waals surface area contributed by atoms with Gasteiger partial charge in [0.25, 0.3) is 0 Å². The number of pyridine rings is 1. The minimum absolute atomic E-state index is 0.105. The van der Waals surface area contributed by atoms with E-state index in [0.717, 1.165) is 29.5 Å². The minimum Gasteiger partial charge on any atom is -0.478 e. The number of nitrogens with one attached hydrogen (secondary N) is 1. The van der Waals surface area contributed by atoms with Crippen molar-refractivity contribution in [3.63, 3.8) is 0 Å². The van der Waals surface area contributed by atoms with E-state index in [2.05, 4.69) is 16.4 Å². The summed E-state index contributed by atoms with van der Waals surface area (Å²) in [5.74, 6) is -1.36. The molecule has 0 unspecified atom stereocenters. The Bertz CT molecular complexity index is 970. The zero-order valence-corrected chi connectivity index (χ0v) is 17.0. The van der Waals surface area contributed by atoms with Crippen LogP contribution in [0.1, 0.15) is 49.9 Å². The van der Waals surface area contributed by atoms with E-state index in [4.69, 9.17) is 0 Å². The summed E-state index contributed by atoms with van der Waals surface area (Å²) in [6.07, 6.45) is 3.91. The lowest BCUT2D eigenvalue weighted by atomic mass is 9.97. The Morgan fingerprint density at radius 2 is 2.00 bits per heavy atom. The number of benzene rings is 1. The van der Waals surface area contributed by atoms with Crippen molar-refractivity contribution < 1.29 is 14.7 Å². The van der Waals surface area contributed by atoms with E-state index in [1.165, 1.54) is 6.92 Å². The summed E-state index contributed by atoms with van der Waals surface area (Å²) in [5, 5.41) is 21.8. The monoisotopic (exact) mass is 391 g/mol. The third-order valence-corrected chi connectivity index (χ3v) is 4.61. The highest BCUT2D eigenvalue weighted by Crippen LogP contribution is 2.25. The quantitative estimate of drug-likeness (QED) is 0.659. The Morgan fingerprint density at radius 3 is 2.55 bits per heavy atom. The summed E-state index contributed by atoms with van der Waals surface area (Å²) in [6, 6.07) is 11.5. The molecule has 0 saturated heterocycles. The molecule has 2 rings (SSSR count). The standard InChI is InChI=1S/C23H25N3O3/c1-4-5-9-22(26-16(3)27)20(23(28)29)12-18-11-10-17(14-25-18)19-8-6-7-15(2)21(19)13-24/h6-8,10-11,14H,4-5,9,12H2,1-3H3,(H,26,27)(H,28,29)/b22-20-. The van der Waals surface area contributed by atoms with Gasteiger partial charge in [0.2, 0.25) is 5.91 Å².